The molecule has 2 aliphatic carbocycles. The van der Waals surface area contributed by atoms with E-state index in [1.165, 1.54) is 6.42 Å². The van der Waals surface area contributed by atoms with Gasteiger partial charge in [0.2, 0.25) is 10.0 Å². The minimum absolute atomic E-state index is 0.0216. The molecule has 5 heteroatoms. The molecule has 0 unspecified atom stereocenters. The number of methoxy groups -OCH3 is 1. The number of fused-ring (bicyclic) bond motifs is 2. The molecular formula is C17H25NO3S. The third-order valence-electron chi connectivity index (χ3n) is 6.46. The lowest BCUT2D eigenvalue weighted by atomic mass is 9.69. The molecule has 3 rings (SSSR count). The van der Waals surface area contributed by atoms with Crippen molar-refractivity contribution >= 4 is 10.0 Å². The molecule has 2 fully saturated rings. The van der Waals surface area contributed by atoms with Crippen molar-refractivity contribution in [1.82, 2.24) is 4.72 Å². The number of hydrogen-bond donors (Lipinski definition) is 1. The molecule has 2 aliphatic rings. The Morgan fingerprint density at radius 2 is 1.82 bits per heavy atom. The molecule has 2 bridgehead atoms. The number of benzene rings is 1. The van der Waals surface area contributed by atoms with E-state index >= 15 is 0 Å². The Bertz CT molecular complexity index is 666. The van der Waals surface area contributed by atoms with Crippen LogP contribution in [0.2, 0.25) is 0 Å². The summed E-state index contributed by atoms with van der Waals surface area (Å²) in [6.07, 6.45) is 3.25. The summed E-state index contributed by atoms with van der Waals surface area (Å²) in [7, 11) is -1.92. The zero-order chi connectivity index (χ0) is 16.2. The smallest absolute Gasteiger partial charge is 0.240 e. The molecule has 1 N–H and O–H groups in total. The van der Waals surface area contributed by atoms with E-state index in [1.807, 2.05) is 0 Å². The fraction of sp³-hybridized carbons (Fsp3) is 0.647. The summed E-state index contributed by atoms with van der Waals surface area (Å²) in [4.78, 5) is 0.303. The van der Waals surface area contributed by atoms with E-state index in [-0.39, 0.29) is 16.9 Å². The highest BCUT2D eigenvalue weighted by atomic mass is 32.2. The maximum Gasteiger partial charge on any atom is 0.240 e. The van der Waals surface area contributed by atoms with Gasteiger partial charge >= 0.3 is 0 Å². The van der Waals surface area contributed by atoms with E-state index in [0.717, 1.165) is 12.8 Å². The summed E-state index contributed by atoms with van der Waals surface area (Å²) in [6, 6.07) is 6.58. The molecule has 0 spiro atoms. The third kappa shape index (κ3) is 2.17. The molecule has 4 nitrogen and oxygen atoms in total. The van der Waals surface area contributed by atoms with Crippen LogP contribution >= 0.6 is 0 Å². The Morgan fingerprint density at radius 3 is 2.27 bits per heavy atom. The van der Waals surface area contributed by atoms with Gasteiger partial charge in [0.15, 0.2) is 0 Å². The molecule has 0 amide bonds. The van der Waals surface area contributed by atoms with E-state index in [9.17, 15) is 8.42 Å². The zero-order valence-corrected chi connectivity index (χ0v) is 14.5. The Hall–Kier alpha value is -1.07. The van der Waals surface area contributed by atoms with Gasteiger partial charge in [0, 0.05) is 6.04 Å². The van der Waals surface area contributed by atoms with Gasteiger partial charge in [0.05, 0.1) is 12.0 Å². The fourth-order valence-corrected chi connectivity index (χ4v) is 5.75. The number of ether oxygens (including phenoxy) is 1. The van der Waals surface area contributed by atoms with Crippen LogP contribution < -0.4 is 9.46 Å². The summed E-state index contributed by atoms with van der Waals surface area (Å²) in [5.41, 5.74) is 0.233. The second-order valence-electron chi connectivity index (χ2n) is 7.46. The van der Waals surface area contributed by atoms with E-state index in [4.69, 9.17) is 4.74 Å². The molecule has 3 atom stereocenters. The van der Waals surface area contributed by atoms with Crippen LogP contribution in [0.4, 0.5) is 0 Å². The van der Waals surface area contributed by atoms with Crippen molar-refractivity contribution in [3.8, 4) is 5.75 Å². The average molecular weight is 323 g/mol. The summed E-state index contributed by atoms with van der Waals surface area (Å²) in [6.45, 7) is 6.81. The Kier molecular flexibility index (Phi) is 3.57. The van der Waals surface area contributed by atoms with Crippen molar-refractivity contribution in [1.29, 1.82) is 0 Å². The number of sulfonamides is 1. The number of nitrogens with one attached hydrogen (secondary N) is 1. The normalized spacial score (nSPS) is 33.1. The predicted molar refractivity (Wildman–Crippen MR) is 86.3 cm³/mol. The Labute approximate surface area is 133 Å². The first kappa shape index (κ1) is 15.8. The first-order valence-corrected chi connectivity index (χ1v) is 9.35. The van der Waals surface area contributed by atoms with Gasteiger partial charge in [0.25, 0.3) is 0 Å². The van der Waals surface area contributed by atoms with Gasteiger partial charge < -0.3 is 4.74 Å². The van der Waals surface area contributed by atoms with Crippen LogP contribution in [-0.4, -0.2) is 21.6 Å². The Morgan fingerprint density at radius 1 is 1.18 bits per heavy atom. The van der Waals surface area contributed by atoms with Gasteiger partial charge in [-0.1, -0.05) is 20.8 Å². The minimum Gasteiger partial charge on any atom is -0.497 e. The van der Waals surface area contributed by atoms with Gasteiger partial charge in [-0.3, -0.25) is 0 Å². The topological polar surface area (TPSA) is 55.4 Å². The lowest BCUT2D eigenvalue weighted by Crippen LogP contribution is -2.46. The standard InChI is InChI=1S/C17H25NO3S/c1-16(2)12-9-10-17(16,3)15(11-12)18-22(19,20)14-7-5-13(21-4)6-8-14/h5-8,12,15,18H,9-11H2,1-4H3/t12-,15+,17-/m1/s1. The van der Waals surface area contributed by atoms with Crippen molar-refractivity contribution < 1.29 is 13.2 Å². The first-order valence-electron chi connectivity index (χ1n) is 7.87. The molecule has 0 heterocycles. The van der Waals surface area contributed by atoms with Crippen molar-refractivity contribution in [2.24, 2.45) is 16.7 Å². The monoisotopic (exact) mass is 323 g/mol. The SMILES string of the molecule is COc1ccc(S(=O)(=O)N[C@H]2C[C@H]3CC[C@@]2(C)C3(C)C)cc1. The summed E-state index contributed by atoms with van der Waals surface area (Å²) >= 11 is 0. The first-order chi connectivity index (χ1) is 10.2. The lowest BCUT2D eigenvalue weighted by Gasteiger charge is -2.39. The van der Waals surface area contributed by atoms with Gasteiger partial charge in [-0.05, 0) is 60.3 Å². The second-order valence-corrected chi connectivity index (χ2v) is 9.17. The van der Waals surface area contributed by atoms with Crippen molar-refractivity contribution in [3.05, 3.63) is 24.3 Å². The molecule has 1 aromatic rings. The maximum absolute atomic E-state index is 12.7. The van der Waals surface area contributed by atoms with Crippen molar-refractivity contribution in [3.63, 3.8) is 0 Å². The molecule has 0 saturated heterocycles. The second kappa shape index (κ2) is 4.96. The summed E-state index contributed by atoms with van der Waals surface area (Å²) in [5.74, 6) is 1.27. The zero-order valence-electron chi connectivity index (χ0n) is 13.7. The number of rotatable bonds is 4. The Balaban J connectivity index is 1.83. The minimum atomic E-state index is -3.49. The number of hydrogen-bond acceptors (Lipinski definition) is 3. The summed E-state index contributed by atoms with van der Waals surface area (Å²) < 4.78 is 33.4. The summed E-state index contributed by atoms with van der Waals surface area (Å²) in [5, 5.41) is 0. The van der Waals surface area contributed by atoms with Crippen LogP contribution in [0.3, 0.4) is 0 Å². The predicted octanol–water partition coefficient (Wildman–Crippen LogP) is 3.19. The lowest BCUT2D eigenvalue weighted by molar-refractivity contribution is 0.130. The van der Waals surface area contributed by atoms with Gasteiger partial charge in [-0.25, -0.2) is 13.1 Å². The van der Waals surface area contributed by atoms with E-state index in [1.54, 1.807) is 31.4 Å². The quantitative estimate of drug-likeness (QED) is 0.926. The van der Waals surface area contributed by atoms with Gasteiger partial charge in [-0.15, -0.1) is 0 Å². The molecule has 122 valence electrons. The molecule has 2 saturated carbocycles. The van der Waals surface area contributed by atoms with Crippen LogP contribution in [0.15, 0.2) is 29.2 Å². The largest absolute Gasteiger partial charge is 0.497 e. The van der Waals surface area contributed by atoms with Crippen molar-refractivity contribution in [2.45, 2.75) is 51.0 Å². The highest BCUT2D eigenvalue weighted by Gasteiger charge is 2.61. The van der Waals surface area contributed by atoms with Crippen LogP contribution in [0, 0.1) is 16.7 Å². The maximum atomic E-state index is 12.7. The molecule has 0 aliphatic heterocycles. The molecule has 1 aromatic carbocycles. The molecule has 0 aromatic heterocycles. The van der Waals surface area contributed by atoms with Crippen LogP contribution in [-0.2, 0) is 10.0 Å². The molecule has 0 radical (unpaired) electrons. The third-order valence-corrected chi connectivity index (χ3v) is 7.95. The highest BCUT2D eigenvalue weighted by molar-refractivity contribution is 7.89. The highest BCUT2D eigenvalue weighted by Crippen LogP contribution is 2.65. The van der Waals surface area contributed by atoms with E-state index < -0.39 is 10.0 Å². The average Bonchev–Trinajstić information content (AvgIpc) is 2.80. The van der Waals surface area contributed by atoms with Crippen LogP contribution in [0.25, 0.3) is 0 Å². The van der Waals surface area contributed by atoms with Crippen molar-refractivity contribution in [2.75, 3.05) is 7.11 Å². The molecule has 22 heavy (non-hydrogen) atoms. The molecular weight excluding hydrogens is 298 g/mol. The van der Waals surface area contributed by atoms with Gasteiger partial charge in [-0.2, -0.15) is 0 Å². The van der Waals surface area contributed by atoms with Crippen LogP contribution in [0.1, 0.15) is 40.0 Å². The van der Waals surface area contributed by atoms with Crippen LogP contribution in [0.5, 0.6) is 5.75 Å². The fourth-order valence-electron chi connectivity index (χ4n) is 4.39. The van der Waals surface area contributed by atoms with E-state index in [2.05, 4.69) is 25.5 Å². The van der Waals surface area contributed by atoms with E-state index in [0.29, 0.717) is 16.6 Å². The van der Waals surface area contributed by atoms with Gasteiger partial charge in [0.1, 0.15) is 5.75 Å².